The van der Waals surface area contributed by atoms with Gasteiger partial charge in [-0.25, -0.2) is 8.78 Å². The maximum atomic E-state index is 13.1. The summed E-state index contributed by atoms with van der Waals surface area (Å²) in [6, 6.07) is 9.85. The van der Waals surface area contributed by atoms with Crippen LogP contribution in [0.15, 0.2) is 42.5 Å². The summed E-state index contributed by atoms with van der Waals surface area (Å²) in [6.07, 6.45) is 0. The highest BCUT2D eigenvalue weighted by atomic mass is 19.2. The molecular formula is C14H11F2NO. The summed E-state index contributed by atoms with van der Waals surface area (Å²) in [5, 5.41) is 0. The third-order valence-electron chi connectivity index (χ3n) is 2.61. The minimum atomic E-state index is -1.03. The normalized spacial score (nSPS) is 10.4. The van der Waals surface area contributed by atoms with Crippen molar-refractivity contribution in [3.8, 4) is 0 Å². The van der Waals surface area contributed by atoms with Gasteiger partial charge in [-0.1, -0.05) is 18.2 Å². The number of hydrogen-bond acceptors (Lipinski definition) is 2. The predicted octanol–water partition coefficient (Wildman–Crippen LogP) is 2.65. The van der Waals surface area contributed by atoms with Gasteiger partial charge in [0, 0.05) is 17.7 Å². The second-order valence-corrected chi connectivity index (χ2v) is 3.86. The van der Waals surface area contributed by atoms with Crippen LogP contribution in [0.4, 0.5) is 8.78 Å². The number of carbonyl (C=O) groups is 1. The first-order chi connectivity index (χ1) is 8.61. The van der Waals surface area contributed by atoms with E-state index in [2.05, 4.69) is 0 Å². The molecule has 0 spiro atoms. The second kappa shape index (κ2) is 5.06. The Hall–Kier alpha value is -2.07. The Morgan fingerprint density at radius 1 is 1.00 bits per heavy atom. The first-order valence-corrected chi connectivity index (χ1v) is 5.40. The van der Waals surface area contributed by atoms with Crippen LogP contribution < -0.4 is 5.73 Å². The van der Waals surface area contributed by atoms with E-state index in [1.807, 2.05) is 0 Å². The molecule has 0 aliphatic carbocycles. The smallest absolute Gasteiger partial charge is 0.193 e. The highest BCUT2D eigenvalue weighted by molar-refractivity contribution is 6.09. The molecular weight excluding hydrogens is 236 g/mol. The van der Waals surface area contributed by atoms with Crippen molar-refractivity contribution >= 4 is 5.78 Å². The lowest BCUT2D eigenvalue weighted by molar-refractivity contribution is 0.103. The summed E-state index contributed by atoms with van der Waals surface area (Å²) < 4.78 is 25.8. The number of nitrogens with two attached hydrogens (primary N) is 1. The van der Waals surface area contributed by atoms with E-state index in [9.17, 15) is 13.6 Å². The van der Waals surface area contributed by atoms with Gasteiger partial charge in [-0.3, -0.25) is 4.79 Å². The van der Waals surface area contributed by atoms with Crippen molar-refractivity contribution in [3.63, 3.8) is 0 Å². The molecule has 0 atom stereocenters. The molecule has 0 bridgehead atoms. The molecule has 0 amide bonds. The van der Waals surface area contributed by atoms with Crippen molar-refractivity contribution < 1.29 is 13.6 Å². The summed E-state index contributed by atoms with van der Waals surface area (Å²) in [4.78, 5) is 12.0. The molecule has 2 rings (SSSR count). The van der Waals surface area contributed by atoms with Crippen LogP contribution in [0.25, 0.3) is 0 Å². The maximum absolute atomic E-state index is 13.1. The summed E-state index contributed by atoms with van der Waals surface area (Å²) in [7, 11) is 0. The van der Waals surface area contributed by atoms with Gasteiger partial charge < -0.3 is 5.73 Å². The highest BCUT2D eigenvalue weighted by Gasteiger charge is 2.12. The number of benzene rings is 2. The first kappa shape index (κ1) is 12.4. The van der Waals surface area contributed by atoms with Gasteiger partial charge in [0.15, 0.2) is 17.4 Å². The van der Waals surface area contributed by atoms with Gasteiger partial charge in [-0.05, 0) is 29.8 Å². The van der Waals surface area contributed by atoms with Crippen LogP contribution in [0.1, 0.15) is 21.5 Å². The zero-order valence-electron chi connectivity index (χ0n) is 9.49. The molecule has 2 aromatic rings. The molecule has 0 saturated carbocycles. The summed E-state index contributed by atoms with van der Waals surface area (Å²) >= 11 is 0. The fraction of sp³-hybridized carbons (Fsp3) is 0.0714. The Balaban J connectivity index is 2.38. The molecule has 18 heavy (non-hydrogen) atoms. The molecule has 0 aliphatic rings. The van der Waals surface area contributed by atoms with Crippen LogP contribution in [-0.4, -0.2) is 5.78 Å². The molecule has 0 aromatic heterocycles. The lowest BCUT2D eigenvalue weighted by Gasteiger charge is -2.04. The summed E-state index contributed by atoms with van der Waals surface area (Å²) in [5.41, 5.74) is 6.81. The van der Waals surface area contributed by atoms with Gasteiger partial charge in [-0.15, -0.1) is 0 Å². The Kier molecular flexibility index (Phi) is 3.48. The van der Waals surface area contributed by atoms with E-state index < -0.39 is 11.6 Å². The molecule has 0 unspecified atom stereocenters. The molecule has 2 nitrogen and oxygen atoms in total. The number of ketones is 1. The van der Waals surface area contributed by atoms with Gasteiger partial charge in [0.05, 0.1) is 0 Å². The second-order valence-electron chi connectivity index (χ2n) is 3.86. The zero-order chi connectivity index (χ0) is 13.1. The van der Waals surface area contributed by atoms with E-state index in [1.165, 1.54) is 6.07 Å². The van der Waals surface area contributed by atoms with Gasteiger partial charge in [0.1, 0.15) is 0 Å². The van der Waals surface area contributed by atoms with Crippen molar-refractivity contribution in [2.24, 2.45) is 5.73 Å². The Bertz CT molecular complexity index is 596. The number of halogens is 2. The van der Waals surface area contributed by atoms with E-state index in [4.69, 9.17) is 5.73 Å². The fourth-order valence-electron chi connectivity index (χ4n) is 1.64. The average Bonchev–Trinajstić information content (AvgIpc) is 2.41. The van der Waals surface area contributed by atoms with Crippen LogP contribution in [-0.2, 0) is 6.54 Å². The van der Waals surface area contributed by atoms with Crippen molar-refractivity contribution in [1.82, 2.24) is 0 Å². The third kappa shape index (κ3) is 2.43. The largest absolute Gasteiger partial charge is 0.326 e. The van der Waals surface area contributed by atoms with Crippen LogP contribution >= 0.6 is 0 Å². The van der Waals surface area contributed by atoms with Crippen LogP contribution in [0.2, 0.25) is 0 Å². The fourth-order valence-corrected chi connectivity index (χ4v) is 1.64. The van der Waals surface area contributed by atoms with E-state index in [0.717, 1.165) is 17.7 Å². The Labute approximate surface area is 103 Å². The van der Waals surface area contributed by atoms with Gasteiger partial charge in [-0.2, -0.15) is 0 Å². The molecule has 0 saturated heterocycles. The minimum Gasteiger partial charge on any atom is -0.326 e. The molecule has 0 radical (unpaired) electrons. The van der Waals surface area contributed by atoms with Crippen molar-refractivity contribution in [2.75, 3.05) is 0 Å². The summed E-state index contributed by atoms with van der Waals surface area (Å²) in [6.45, 7) is 0.318. The molecule has 2 N–H and O–H groups in total. The SMILES string of the molecule is NCc1cccc(C(=O)c2ccc(F)c(F)c2)c1. The number of rotatable bonds is 3. The average molecular weight is 247 g/mol. The molecule has 0 heterocycles. The molecule has 0 fully saturated rings. The maximum Gasteiger partial charge on any atom is 0.193 e. The quantitative estimate of drug-likeness (QED) is 0.847. The third-order valence-corrected chi connectivity index (χ3v) is 2.61. The predicted molar refractivity (Wildman–Crippen MR) is 64.1 cm³/mol. The van der Waals surface area contributed by atoms with E-state index in [1.54, 1.807) is 24.3 Å². The van der Waals surface area contributed by atoms with Crippen LogP contribution in [0.5, 0.6) is 0 Å². The van der Waals surface area contributed by atoms with E-state index >= 15 is 0 Å². The standard InChI is InChI=1S/C14H11F2NO/c15-12-5-4-11(7-13(12)16)14(18)10-3-1-2-9(6-10)8-17/h1-7H,8,17H2. The van der Waals surface area contributed by atoms with E-state index in [-0.39, 0.29) is 11.3 Å². The topological polar surface area (TPSA) is 43.1 Å². The lowest BCUT2D eigenvalue weighted by atomic mass is 10.0. The van der Waals surface area contributed by atoms with Crippen molar-refractivity contribution in [1.29, 1.82) is 0 Å². The molecule has 0 aliphatic heterocycles. The Morgan fingerprint density at radius 3 is 2.39 bits per heavy atom. The molecule has 2 aromatic carbocycles. The van der Waals surface area contributed by atoms with Gasteiger partial charge in [0.25, 0.3) is 0 Å². The monoisotopic (exact) mass is 247 g/mol. The van der Waals surface area contributed by atoms with Crippen molar-refractivity contribution in [2.45, 2.75) is 6.54 Å². The van der Waals surface area contributed by atoms with Gasteiger partial charge >= 0.3 is 0 Å². The molecule has 92 valence electrons. The zero-order valence-corrected chi connectivity index (χ0v) is 9.49. The lowest BCUT2D eigenvalue weighted by Crippen LogP contribution is -2.04. The first-order valence-electron chi connectivity index (χ1n) is 5.40. The minimum absolute atomic E-state index is 0.114. The molecule has 4 heteroatoms. The van der Waals surface area contributed by atoms with Crippen LogP contribution in [0.3, 0.4) is 0 Å². The Morgan fingerprint density at radius 2 is 1.72 bits per heavy atom. The van der Waals surface area contributed by atoms with E-state index in [0.29, 0.717) is 12.1 Å². The highest BCUT2D eigenvalue weighted by Crippen LogP contribution is 2.14. The number of hydrogen-bond donors (Lipinski definition) is 1. The van der Waals surface area contributed by atoms with Crippen LogP contribution in [0, 0.1) is 11.6 Å². The van der Waals surface area contributed by atoms with Gasteiger partial charge in [0.2, 0.25) is 0 Å². The van der Waals surface area contributed by atoms with Crippen molar-refractivity contribution in [3.05, 3.63) is 70.8 Å². The summed E-state index contributed by atoms with van der Waals surface area (Å²) in [5.74, 6) is -2.36. The number of carbonyl (C=O) groups excluding carboxylic acids is 1.